The Labute approximate surface area is 242 Å². The molecule has 0 radical (unpaired) electrons. The average Bonchev–Trinajstić information content (AvgIpc) is 3.76. The number of aryl methyl sites for hydroxylation is 2. The summed E-state index contributed by atoms with van der Waals surface area (Å²) in [6.45, 7) is 3.86. The number of carbonyl (C=O) groups is 1. The van der Waals surface area contributed by atoms with Gasteiger partial charge in [0.2, 0.25) is 0 Å². The van der Waals surface area contributed by atoms with Crippen LogP contribution >= 0.6 is 0 Å². The fraction of sp³-hybridized carbons (Fsp3) is 0.455. The number of nitrogens with zero attached hydrogens (tertiary/aromatic N) is 2. The van der Waals surface area contributed by atoms with E-state index in [4.69, 9.17) is 4.74 Å². The van der Waals surface area contributed by atoms with Gasteiger partial charge in [-0.15, -0.1) is 0 Å². The number of pyridine rings is 1. The first kappa shape index (κ1) is 28.6. The first-order valence-electron chi connectivity index (χ1n) is 14.6. The fourth-order valence-electron chi connectivity index (χ4n) is 6.58. The van der Waals surface area contributed by atoms with Crippen molar-refractivity contribution in [3.63, 3.8) is 0 Å². The van der Waals surface area contributed by atoms with E-state index in [9.17, 15) is 27.5 Å². The highest BCUT2D eigenvalue weighted by molar-refractivity contribution is 5.71. The summed E-state index contributed by atoms with van der Waals surface area (Å²) in [5, 5.41) is 9.70. The third kappa shape index (κ3) is 5.63. The van der Waals surface area contributed by atoms with Gasteiger partial charge in [0.05, 0.1) is 12.1 Å². The van der Waals surface area contributed by atoms with Crippen LogP contribution in [0, 0.1) is 24.6 Å². The number of ether oxygens (including phenoxy) is 1. The summed E-state index contributed by atoms with van der Waals surface area (Å²) in [5.74, 6) is -0.867. The van der Waals surface area contributed by atoms with Gasteiger partial charge in [-0.1, -0.05) is 37.3 Å². The maximum absolute atomic E-state index is 14.9. The normalized spacial score (nSPS) is 22.0. The zero-order valence-electron chi connectivity index (χ0n) is 23.6. The molecular formula is C33H34F4N2O3. The summed E-state index contributed by atoms with van der Waals surface area (Å²) in [6.07, 6.45) is -0.00300. The lowest BCUT2D eigenvalue weighted by Gasteiger charge is -2.42. The van der Waals surface area contributed by atoms with E-state index in [1.807, 2.05) is 30.3 Å². The van der Waals surface area contributed by atoms with E-state index in [0.29, 0.717) is 47.0 Å². The van der Waals surface area contributed by atoms with Crippen molar-refractivity contribution < 1.29 is 32.2 Å². The molecule has 6 rings (SSSR count). The lowest BCUT2D eigenvalue weighted by molar-refractivity contribution is -0.212. The number of alkyl halides is 3. The number of hydrogen-bond donors (Lipinski definition) is 1. The third-order valence-electron chi connectivity index (χ3n) is 9.14. The van der Waals surface area contributed by atoms with E-state index in [2.05, 4.69) is 4.98 Å². The van der Waals surface area contributed by atoms with Crippen molar-refractivity contribution in [2.45, 2.75) is 76.7 Å². The van der Waals surface area contributed by atoms with Crippen molar-refractivity contribution in [3.05, 3.63) is 82.4 Å². The predicted octanol–water partition coefficient (Wildman–Crippen LogP) is 7.61. The molecule has 1 aromatic heterocycles. The van der Waals surface area contributed by atoms with Gasteiger partial charge in [0.1, 0.15) is 23.7 Å². The van der Waals surface area contributed by atoms with Crippen molar-refractivity contribution in [3.8, 4) is 16.9 Å². The van der Waals surface area contributed by atoms with Crippen LogP contribution < -0.4 is 4.74 Å². The van der Waals surface area contributed by atoms with Crippen LogP contribution in [0.3, 0.4) is 0 Å². The Morgan fingerprint density at radius 3 is 2.55 bits per heavy atom. The molecule has 2 unspecified atom stereocenters. The molecule has 1 aliphatic carbocycles. The second kappa shape index (κ2) is 11.0. The monoisotopic (exact) mass is 582 g/mol. The minimum Gasteiger partial charge on any atom is -0.485 e. The molecule has 5 nitrogen and oxygen atoms in total. The quantitative estimate of drug-likeness (QED) is 0.277. The second-order valence-electron chi connectivity index (χ2n) is 12.0. The Morgan fingerprint density at radius 2 is 1.88 bits per heavy atom. The molecule has 3 aromatic rings. The number of halogens is 4. The molecular weight excluding hydrogens is 548 g/mol. The summed E-state index contributed by atoms with van der Waals surface area (Å²) in [6, 6.07) is 11.6. The van der Waals surface area contributed by atoms with Crippen molar-refractivity contribution in [1.29, 1.82) is 0 Å². The van der Waals surface area contributed by atoms with Crippen molar-refractivity contribution in [2.24, 2.45) is 11.8 Å². The van der Waals surface area contributed by atoms with Crippen LogP contribution in [0.25, 0.3) is 11.1 Å². The van der Waals surface area contributed by atoms with Crippen LogP contribution in [-0.2, 0) is 17.8 Å². The number of aliphatic carboxylic acids is 1. The van der Waals surface area contributed by atoms with Gasteiger partial charge >= 0.3 is 12.1 Å². The van der Waals surface area contributed by atoms with Gasteiger partial charge in [0, 0.05) is 24.3 Å². The van der Waals surface area contributed by atoms with E-state index >= 15 is 0 Å². The minimum absolute atomic E-state index is 0.0394. The van der Waals surface area contributed by atoms with Crippen LogP contribution in [0.15, 0.2) is 48.7 Å². The zero-order chi connectivity index (χ0) is 29.8. The number of benzene rings is 2. The van der Waals surface area contributed by atoms with Crippen LogP contribution in [0.4, 0.5) is 17.6 Å². The molecule has 42 heavy (non-hydrogen) atoms. The van der Waals surface area contributed by atoms with Crippen LogP contribution in [0.2, 0.25) is 0 Å². The minimum atomic E-state index is -4.32. The molecule has 2 aromatic carbocycles. The molecule has 0 amide bonds. The molecule has 4 atom stereocenters. The molecule has 1 saturated carbocycles. The van der Waals surface area contributed by atoms with Gasteiger partial charge in [-0.2, -0.15) is 13.2 Å². The Bertz CT molecular complexity index is 1500. The average molecular weight is 583 g/mol. The van der Waals surface area contributed by atoms with Gasteiger partial charge in [-0.05, 0) is 90.8 Å². The van der Waals surface area contributed by atoms with E-state index in [1.54, 1.807) is 26.0 Å². The summed E-state index contributed by atoms with van der Waals surface area (Å²) in [7, 11) is 0. The fourth-order valence-corrected chi connectivity index (χ4v) is 6.58. The topological polar surface area (TPSA) is 62.7 Å². The molecule has 222 valence electrons. The van der Waals surface area contributed by atoms with Gasteiger partial charge in [0.15, 0.2) is 0 Å². The maximum atomic E-state index is 14.9. The molecule has 0 spiro atoms. The Balaban J connectivity index is 1.32. The van der Waals surface area contributed by atoms with Crippen LogP contribution in [0.5, 0.6) is 5.75 Å². The Kier molecular flexibility index (Phi) is 7.50. The number of aromatic nitrogens is 1. The van der Waals surface area contributed by atoms with E-state index in [-0.39, 0.29) is 25.0 Å². The highest BCUT2D eigenvalue weighted by atomic mass is 19.4. The van der Waals surface area contributed by atoms with Crippen molar-refractivity contribution in [1.82, 2.24) is 9.88 Å². The highest BCUT2D eigenvalue weighted by Crippen LogP contribution is 2.48. The summed E-state index contributed by atoms with van der Waals surface area (Å²) in [4.78, 5) is 17.2. The Hall–Kier alpha value is -3.46. The molecule has 9 heteroatoms. The lowest BCUT2D eigenvalue weighted by Crippen LogP contribution is -2.55. The van der Waals surface area contributed by atoms with E-state index in [0.717, 1.165) is 42.1 Å². The summed E-state index contributed by atoms with van der Waals surface area (Å²) < 4.78 is 62.1. The molecule has 0 bridgehead atoms. The number of fused-ring (bicyclic) bond motifs is 1. The smallest absolute Gasteiger partial charge is 0.404 e. The highest BCUT2D eigenvalue weighted by Gasteiger charge is 2.48. The zero-order valence-corrected chi connectivity index (χ0v) is 23.6. The standard InChI is InChI=1S/C33H34F4N2O3/c1-18-13-26(27(34)16-38-18)25-9-7-22(14-24(25)17-39-12-11-30(39)33(35,36)37)28-10-8-20-3-6-23(15-29(20)42-28)31(21-4-5-21)19(2)32(40)41/h3,6-7,9,13-16,19,21,28,30-31H,4-5,8,10-12,17H2,1-2H3,(H,40,41)/t19-,28?,30?,31-/m0/s1. The maximum Gasteiger partial charge on any atom is 0.404 e. The van der Waals surface area contributed by atoms with Crippen molar-refractivity contribution >= 4 is 5.97 Å². The molecule has 3 aliphatic rings. The number of carboxylic acids is 1. The molecule has 1 saturated heterocycles. The van der Waals surface area contributed by atoms with Gasteiger partial charge in [-0.3, -0.25) is 14.7 Å². The van der Waals surface area contributed by atoms with Gasteiger partial charge in [-0.25, -0.2) is 4.39 Å². The third-order valence-corrected chi connectivity index (χ3v) is 9.14. The van der Waals surface area contributed by atoms with Crippen molar-refractivity contribution in [2.75, 3.05) is 6.54 Å². The SMILES string of the molecule is Cc1cc(-c2ccc(C3CCc4ccc([C@H](C5CC5)[C@H](C)C(=O)O)cc4O3)cc2CN2CCC2C(F)(F)F)c(F)cn1. The first-order valence-corrected chi connectivity index (χ1v) is 14.6. The summed E-state index contributed by atoms with van der Waals surface area (Å²) in [5.41, 5.74) is 4.91. The largest absolute Gasteiger partial charge is 0.485 e. The molecule has 3 heterocycles. The van der Waals surface area contributed by atoms with Gasteiger partial charge < -0.3 is 9.84 Å². The van der Waals surface area contributed by atoms with E-state index < -0.39 is 29.9 Å². The number of likely N-dealkylation sites (tertiary alicyclic amines) is 1. The molecule has 1 N–H and O–H groups in total. The predicted molar refractivity (Wildman–Crippen MR) is 150 cm³/mol. The molecule has 2 aliphatic heterocycles. The number of hydrogen-bond acceptors (Lipinski definition) is 4. The number of rotatable bonds is 8. The van der Waals surface area contributed by atoms with Gasteiger partial charge in [0.25, 0.3) is 0 Å². The first-order chi connectivity index (χ1) is 20.0. The van der Waals surface area contributed by atoms with Crippen LogP contribution in [0.1, 0.15) is 72.6 Å². The van der Waals surface area contributed by atoms with Crippen LogP contribution in [-0.4, -0.2) is 39.7 Å². The second-order valence-corrected chi connectivity index (χ2v) is 12.0. The van der Waals surface area contributed by atoms with E-state index in [1.165, 1.54) is 4.90 Å². The lowest BCUT2D eigenvalue weighted by atomic mass is 9.82. The summed E-state index contributed by atoms with van der Waals surface area (Å²) >= 11 is 0. The molecule has 2 fully saturated rings. The number of carboxylic acid groups (broad SMARTS) is 1. The Morgan fingerprint density at radius 1 is 1.10 bits per heavy atom.